The lowest BCUT2D eigenvalue weighted by Crippen LogP contribution is -2.29. The average molecular weight is 237 g/mol. The molecule has 0 bridgehead atoms. The van der Waals surface area contributed by atoms with Gasteiger partial charge in [0.05, 0.1) is 7.11 Å². The zero-order valence-electron chi connectivity index (χ0n) is 10.4. The second-order valence-corrected chi connectivity index (χ2v) is 3.59. The highest BCUT2D eigenvalue weighted by Gasteiger charge is 2.00. The molecule has 0 atom stereocenters. The molecular weight excluding hydrogens is 218 g/mol. The summed E-state index contributed by atoms with van der Waals surface area (Å²) in [7, 11) is 1.64. The Morgan fingerprint density at radius 2 is 2.00 bits per heavy atom. The third-order valence-electron chi connectivity index (χ3n) is 2.33. The van der Waals surface area contributed by atoms with E-state index in [9.17, 15) is 4.79 Å². The third kappa shape index (κ3) is 5.36. The zero-order chi connectivity index (χ0) is 12.5. The van der Waals surface area contributed by atoms with Crippen LogP contribution in [0.15, 0.2) is 24.3 Å². The number of benzene rings is 1. The van der Waals surface area contributed by atoms with Gasteiger partial charge in [0.15, 0.2) is 0 Å². The Morgan fingerprint density at radius 1 is 1.29 bits per heavy atom. The molecule has 0 saturated heterocycles. The lowest BCUT2D eigenvalue weighted by Gasteiger charge is -2.06. The zero-order valence-corrected chi connectivity index (χ0v) is 10.4. The minimum Gasteiger partial charge on any atom is -0.497 e. The fraction of sp³-hybridized carbons (Fsp3) is 0.462. The van der Waals surface area contributed by atoms with Gasteiger partial charge in [0.2, 0.25) is 5.91 Å². The first kappa shape index (κ1) is 13.5. The standard InChI is InChI=1S/C13H19NO3/c1-3-17-10-13(15)14-9-8-11-4-6-12(16-2)7-5-11/h4-7H,3,8-10H2,1-2H3,(H,14,15). The third-order valence-corrected chi connectivity index (χ3v) is 2.33. The van der Waals surface area contributed by atoms with Crippen molar-refractivity contribution in [3.63, 3.8) is 0 Å². The summed E-state index contributed by atoms with van der Waals surface area (Å²) in [6.07, 6.45) is 0.807. The molecule has 4 nitrogen and oxygen atoms in total. The van der Waals surface area contributed by atoms with Gasteiger partial charge in [-0.05, 0) is 31.0 Å². The summed E-state index contributed by atoms with van der Waals surface area (Å²) in [6.45, 7) is 3.19. The van der Waals surface area contributed by atoms with Crippen molar-refractivity contribution in [1.29, 1.82) is 0 Å². The molecule has 1 rings (SSSR count). The lowest BCUT2D eigenvalue weighted by molar-refractivity contribution is -0.125. The van der Waals surface area contributed by atoms with E-state index in [4.69, 9.17) is 9.47 Å². The van der Waals surface area contributed by atoms with Gasteiger partial charge in [0, 0.05) is 13.2 Å². The second kappa shape index (κ2) is 7.68. The van der Waals surface area contributed by atoms with E-state index in [-0.39, 0.29) is 12.5 Å². The quantitative estimate of drug-likeness (QED) is 0.779. The van der Waals surface area contributed by atoms with Crippen molar-refractivity contribution in [2.45, 2.75) is 13.3 Å². The number of hydrogen-bond acceptors (Lipinski definition) is 3. The second-order valence-electron chi connectivity index (χ2n) is 3.59. The van der Waals surface area contributed by atoms with Crippen molar-refractivity contribution in [2.24, 2.45) is 0 Å². The van der Waals surface area contributed by atoms with Crippen molar-refractivity contribution in [3.8, 4) is 5.75 Å². The minimum absolute atomic E-state index is 0.0691. The summed E-state index contributed by atoms with van der Waals surface area (Å²) in [4.78, 5) is 11.2. The van der Waals surface area contributed by atoms with Crippen LogP contribution in [-0.4, -0.2) is 32.8 Å². The van der Waals surface area contributed by atoms with Crippen LogP contribution in [0.2, 0.25) is 0 Å². The van der Waals surface area contributed by atoms with Crippen LogP contribution >= 0.6 is 0 Å². The summed E-state index contributed by atoms with van der Waals surface area (Å²) < 4.78 is 10.1. The summed E-state index contributed by atoms with van der Waals surface area (Å²) in [5, 5.41) is 2.80. The Morgan fingerprint density at radius 3 is 2.59 bits per heavy atom. The van der Waals surface area contributed by atoms with E-state index in [2.05, 4.69) is 5.32 Å². The molecule has 0 radical (unpaired) electrons. The van der Waals surface area contributed by atoms with E-state index >= 15 is 0 Å². The van der Waals surface area contributed by atoms with Gasteiger partial charge in [0.25, 0.3) is 0 Å². The largest absolute Gasteiger partial charge is 0.497 e. The highest BCUT2D eigenvalue weighted by atomic mass is 16.5. The van der Waals surface area contributed by atoms with Gasteiger partial charge in [-0.15, -0.1) is 0 Å². The number of carbonyl (C=O) groups excluding carboxylic acids is 1. The topological polar surface area (TPSA) is 47.6 Å². The summed E-state index contributed by atoms with van der Waals surface area (Å²) in [5.74, 6) is 0.773. The minimum atomic E-state index is -0.0691. The van der Waals surface area contributed by atoms with Crippen LogP contribution < -0.4 is 10.1 Å². The monoisotopic (exact) mass is 237 g/mol. The maximum Gasteiger partial charge on any atom is 0.246 e. The van der Waals surface area contributed by atoms with E-state index < -0.39 is 0 Å². The van der Waals surface area contributed by atoms with Crippen LogP contribution in [0, 0.1) is 0 Å². The summed E-state index contributed by atoms with van der Waals surface area (Å²) in [5.41, 5.74) is 1.17. The molecule has 0 aliphatic rings. The molecular formula is C13H19NO3. The number of hydrogen-bond donors (Lipinski definition) is 1. The van der Waals surface area contributed by atoms with Crippen LogP contribution in [0.25, 0.3) is 0 Å². The van der Waals surface area contributed by atoms with E-state index in [1.165, 1.54) is 5.56 Å². The van der Waals surface area contributed by atoms with Crippen LogP contribution in [-0.2, 0) is 16.0 Å². The van der Waals surface area contributed by atoms with E-state index in [0.29, 0.717) is 13.2 Å². The van der Waals surface area contributed by atoms with E-state index in [1.54, 1.807) is 7.11 Å². The van der Waals surface area contributed by atoms with Crippen molar-refractivity contribution in [1.82, 2.24) is 5.32 Å². The van der Waals surface area contributed by atoms with E-state index in [1.807, 2.05) is 31.2 Å². The maximum absolute atomic E-state index is 11.2. The number of amides is 1. The molecule has 1 N–H and O–H groups in total. The number of nitrogens with one attached hydrogen (secondary N) is 1. The van der Waals surface area contributed by atoms with Crippen molar-refractivity contribution in [2.75, 3.05) is 26.9 Å². The maximum atomic E-state index is 11.2. The van der Waals surface area contributed by atoms with Gasteiger partial charge in [-0.2, -0.15) is 0 Å². The molecule has 0 aliphatic carbocycles. The number of rotatable bonds is 7. The highest BCUT2D eigenvalue weighted by molar-refractivity contribution is 5.77. The highest BCUT2D eigenvalue weighted by Crippen LogP contribution is 2.11. The van der Waals surface area contributed by atoms with Crippen molar-refractivity contribution >= 4 is 5.91 Å². The predicted octanol–water partition coefficient (Wildman–Crippen LogP) is 1.39. The average Bonchev–Trinajstić information content (AvgIpc) is 2.37. The smallest absolute Gasteiger partial charge is 0.246 e. The van der Waals surface area contributed by atoms with Gasteiger partial charge < -0.3 is 14.8 Å². The predicted molar refractivity (Wildman–Crippen MR) is 66.2 cm³/mol. The summed E-state index contributed by atoms with van der Waals surface area (Å²) in [6, 6.07) is 7.82. The molecule has 0 aliphatic heterocycles. The first-order chi connectivity index (χ1) is 8.26. The van der Waals surface area contributed by atoms with Gasteiger partial charge in [-0.3, -0.25) is 4.79 Å². The van der Waals surface area contributed by atoms with Crippen molar-refractivity contribution in [3.05, 3.63) is 29.8 Å². The van der Waals surface area contributed by atoms with Crippen LogP contribution in [0.3, 0.4) is 0 Å². The number of carbonyl (C=O) groups is 1. The first-order valence-corrected chi connectivity index (χ1v) is 5.73. The summed E-state index contributed by atoms with van der Waals surface area (Å²) >= 11 is 0. The van der Waals surface area contributed by atoms with Gasteiger partial charge in [-0.1, -0.05) is 12.1 Å². The van der Waals surface area contributed by atoms with Crippen molar-refractivity contribution < 1.29 is 14.3 Å². The number of ether oxygens (including phenoxy) is 2. The molecule has 0 saturated carbocycles. The Kier molecular flexibility index (Phi) is 6.10. The molecule has 0 unspecified atom stereocenters. The Balaban J connectivity index is 2.23. The molecule has 0 heterocycles. The molecule has 1 aromatic carbocycles. The molecule has 4 heteroatoms. The van der Waals surface area contributed by atoms with Crippen LogP contribution in [0.5, 0.6) is 5.75 Å². The Labute approximate surface area is 102 Å². The molecule has 0 aromatic heterocycles. The number of methoxy groups -OCH3 is 1. The van der Waals surface area contributed by atoms with Crippen LogP contribution in [0.4, 0.5) is 0 Å². The lowest BCUT2D eigenvalue weighted by atomic mass is 10.1. The van der Waals surface area contributed by atoms with Crippen LogP contribution in [0.1, 0.15) is 12.5 Å². The Hall–Kier alpha value is -1.55. The Bertz CT molecular complexity index is 335. The molecule has 1 aromatic rings. The van der Waals surface area contributed by atoms with Gasteiger partial charge in [0.1, 0.15) is 12.4 Å². The molecule has 0 fully saturated rings. The molecule has 0 spiro atoms. The SMILES string of the molecule is CCOCC(=O)NCCc1ccc(OC)cc1. The first-order valence-electron chi connectivity index (χ1n) is 5.73. The fourth-order valence-corrected chi connectivity index (χ4v) is 1.38. The molecule has 17 heavy (non-hydrogen) atoms. The normalized spacial score (nSPS) is 10.0. The fourth-order valence-electron chi connectivity index (χ4n) is 1.38. The van der Waals surface area contributed by atoms with Gasteiger partial charge >= 0.3 is 0 Å². The van der Waals surface area contributed by atoms with E-state index in [0.717, 1.165) is 12.2 Å². The molecule has 94 valence electrons. The van der Waals surface area contributed by atoms with Gasteiger partial charge in [-0.25, -0.2) is 0 Å². The molecule has 1 amide bonds.